The maximum absolute atomic E-state index is 12.0. The summed E-state index contributed by atoms with van der Waals surface area (Å²) < 4.78 is 30.8. The van der Waals surface area contributed by atoms with Gasteiger partial charge in [-0.25, -0.2) is 12.7 Å². The van der Waals surface area contributed by atoms with Crippen molar-refractivity contribution in [3.05, 3.63) is 59.7 Å². The minimum atomic E-state index is -3.37. The molecule has 2 aromatic rings. The molecule has 130 valence electrons. The van der Waals surface area contributed by atoms with Gasteiger partial charge in [-0.3, -0.25) is 0 Å². The van der Waals surface area contributed by atoms with Gasteiger partial charge in [-0.15, -0.1) is 0 Å². The van der Waals surface area contributed by atoms with Crippen molar-refractivity contribution < 1.29 is 13.2 Å². The number of hydrogen-bond donors (Lipinski definition) is 1. The minimum absolute atomic E-state index is 0.306. The highest BCUT2D eigenvalue weighted by Gasteiger charge is 2.16. The third-order valence-corrected chi connectivity index (χ3v) is 5.40. The summed E-state index contributed by atoms with van der Waals surface area (Å²) in [7, 11) is -0.310. The molecule has 6 heteroatoms. The van der Waals surface area contributed by atoms with Crippen LogP contribution < -0.4 is 10.1 Å². The normalized spacial score (nSPS) is 11.7. The van der Waals surface area contributed by atoms with Crippen LogP contribution in [-0.2, 0) is 23.1 Å². The minimum Gasteiger partial charge on any atom is -0.494 e. The maximum Gasteiger partial charge on any atom is 0.242 e. The third-order valence-electron chi connectivity index (χ3n) is 3.57. The van der Waals surface area contributed by atoms with Crippen LogP contribution >= 0.6 is 0 Å². The number of nitrogens with zero attached hydrogens (tertiary/aromatic N) is 1. The number of rotatable bonds is 8. The summed E-state index contributed by atoms with van der Waals surface area (Å²) in [4.78, 5) is 0.306. The molecule has 0 unspecified atom stereocenters. The van der Waals surface area contributed by atoms with Crippen molar-refractivity contribution in [1.29, 1.82) is 0 Å². The monoisotopic (exact) mass is 348 g/mol. The lowest BCUT2D eigenvalue weighted by Crippen LogP contribution is -2.22. The Hall–Kier alpha value is -1.89. The predicted molar refractivity (Wildman–Crippen MR) is 95.5 cm³/mol. The molecule has 0 aliphatic carbocycles. The fraction of sp³-hybridized carbons (Fsp3) is 0.333. The van der Waals surface area contributed by atoms with E-state index in [1.54, 1.807) is 12.1 Å². The average molecular weight is 348 g/mol. The first-order valence-corrected chi connectivity index (χ1v) is 9.31. The molecule has 0 atom stereocenters. The Morgan fingerprint density at radius 2 is 1.67 bits per heavy atom. The standard InChI is InChI=1S/C18H24N2O3S/c1-4-23-17-7-5-6-16(12-17)14-19-13-15-8-10-18(11-9-15)24(21,22)20(2)3/h5-12,19H,4,13-14H2,1-3H3. The van der Waals surface area contributed by atoms with Crippen molar-refractivity contribution >= 4 is 10.0 Å². The second-order valence-corrected chi connectivity index (χ2v) is 7.77. The number of nitrogens with one attached hydrogen (secondary N) is 1. The van der Waals surface area contributed by atoms with E-state index in [1.165, 1.54) is 18.4 Å². The lowest BCUT2D eigenvalue weighted by atomic mass is 10.2. The van der Waals surface area contributed by atoms with Crippen molar-refractivity contribution in [3.63, 3.8) is 0 Å². The summed E-state index contributed by atoms with van der Waals surface area (Å²) >= 11 is 0. The van der Waals surface area contributed by atoms with Crippen molar-refractivity contribution in [2.75, 3.05) is 20.7 Å². The molecule has 0 heterocycles. The van der Waals surface area contributed by atoms with Crippen LogP contribution in [0.2, 0.25) is 0 Å². The summed E-state index contributed by atoms with van der Waals surface area (Å²) in [6.07, 6.45) is 0. The van der Waals surface area contributed by atoms with Crippen LogP contribution in [0.5, 0.6) is 5.75 Å². The Bertz CT molecular complexity index is 756. The number of benzene rings is 2. The molecule has 2 rings (SSSR count). The second-order valence-electron chi connectivity index (χ2n) is 5.62. The van der Waals surface area contributed by atoms with Gasteiger partial charge in [-0.2, -0.15) is 0 Å². The lowest BCUT2D eigenvalue weighted by Gasteiger charge is -2.12. The SMILES string of the molecule is CCOc1cccc(CNCc2ccc(S(=O)(=O)N(C)C)cc2)c1. The Morgan fingerprint density at radius 1 is 1.00 bits per heavy atom. The number of hydrogen-bond acceptors (Lipinski definition) is 4. The quantitative estimate of drug-likeness (QED) is 0.797. The molecule has 0 bridgehead atoms. The van der Waals surface area contributed by atoms with Crippen molar-refractivity contribution in [1.82, 2.24) is 9.62 Å². The van der Waals surface area contributed by atoms with Crippen LogP contribution in [0, 0.1) is 0 Å². The van der Waals surface area contributed by atoms with Gasteiger partial charge >= 0.3 is 0 Å². The maximum atomic E-state index is 12.0. The first-order chi connectivity index (χ1) is 11.4. The van der Waals surface area contributed by atoms with E-state index in [0.717, 1.165) is 23.4 Å². The van der Waals surface area contributed by atoms with Crippen LogP contribution in [0.25, 0.3) is 0 Å². The summed E-state index contributed by atoms with van der Waals surface area (Å²) in [5.41, 5.74) is 2.18. The lowest BCUT2D eigenvalue weighted by molar-refractivity contribution is 0.340. The van der Waals surface area contributed by atoms with Crippen LogP contribution in [-0.4, -0.2) is 33.4 Å². The van der Waals surface area contributed by atoms with Gasteiger partial charge in [0.2, 0.25) is 10.0 Å². The van der Waals surface area contributed by atoms with Gasteiger partial charge in [-0.05, 0) is 42.3 Å². The second kappa shape index (κ2) is 8.28. The van der Waals surface area contributed by atoms with E-state index in [0.29, 0.717) is 18.0 Å². The van der Waals surface area contributed by atoms with Crippen molar-refractivity contribution in [2.45, 2.75) is 24.9 Å². The fourth-order valence-corrected chi connectivity index (χ4v) is 3.15. The Labute approximate surface area is 144 Å². The third kappa shape index (κ3) is 4.80. The molecule has 0 radical (unpaired) electrons. The van der Waals surface area contributed by atoms with E-state index in [4.69, 9.17) is 4.74 Å². The zero-order valence-electron chi connectivity index (χ0n) is 14.3. The zero-order valence-corrected chi connectivity index (χ0v) is 15.1. The van der Waals surface area contributed by atoms with E-state index < -0.39 is 10.0 Å². The highest BCUT2D eigenvalue weighted by Crippen LogP contribution is 2.15. The summed E-state index contributed by atoms with van der Waals surface area (Å²) in [6.45, 7) is 4.00. The van der Waals surface area contributed by atoms with E-state index >= 15 is 0 Å². The number of ether oxygens (including phenoxy) is 1. The molecule has 5 nitrogen and oxygen atoms in total. The van der Waals surface area contributed by atoms with E-state index in [1.807, 2.05) is 43.3 Å². The molecule has 0 aliphatic heterocycles. The van der Waals surface area contributed by atoms with Gasteiger partial charge in [0.1, 0.15) is 5.75 Å². The number of sulfonamides is 1. The van der Waals surface area contributed by atoms with Gasteiger partial charge in [0.05, 0.1) is 11.5 Å². The van der Waals surface area contributed by atoms with Crippen molar-refractivity contribution in [3.8, 4) is 5.75 Å². The molecule has 0 fully saturated rings. The largest absolute Gasteiger partial charge is 0.494 e. The molecule has 0 saturated carbocycles. The van der Waals surface area contributed by atoms with Crippen LogP contribution in [0.1, 0.15) is 18.1 Å². The van der Waals surface area contributed by atoms with E-state index in [9.17, 15) is 8.42 Å². The van der Waals surface area contributed by atoms with Crippen LogP contribution in [0.4, 0.5) is 0 Å². The van der Waals surface area contributed by atoms with Gasteiger partial charge in [-0.1, -0.05) is 24.3 Å². The first kappa shape index (κ1) is 18.4. The van der Waals surface area contributed by atoms with Gasteiger partial charge in [0.25, 0.3) is 0 Å². The molecule has 0 aliphatic rings. The molecule has 0 saturated heterocycles. The van der Waals surface area contributed by atoms with Gasteiger partial charge in [0, 0.05) is 27.2 Å². The first-order valence-electron chi connectivity index (χ1n) is 7.87. The predicted octanol–water partition coefficient (Wildman–Crippen LogP) is 2.63. The molecular formula is C18H24N2O3S. The molecule has 24 heavy (non-hydrogen) atoms. The van der Waals surface area contributed by atoms with Gasteiger partial charge < -0.3 is 10.1 Å². The molecule has 0 aromatic heterocycles. The molecular weight excluding hydrogens is 324 g/mol. The topological polar surface area (TPSA) is 58.6 Å². The van der Waals surface area contributed by atoms with E-state index in [2.05, 4.69) is 5.32 Å². The fourth-order valence-electron chi connectivity index (χ4n) is 2.25. The van der Waals surface area contributed by atoms with E-state index in [-0.39, 0.29) is 0 Å². The van der Waals surface area contributed by atoms with Crippen LogP contribution in [0.3, 0.4) is 0 Å². The van der Waals surface area contributed by atoms with Crippen LogP contribution in [0.15, 0.2) is 53.4 Å². The summed E-state index contributed by atoms with van der Waals surface area (Å²) in [5.74, 6) is 0.870. The average Bonchev–Trinajstić information content (AvgIpc) is 2.56. The molecule has 0 spiro atoms. The Morgan fingerprint density at radius 3 is 2.29 bits per heavy atom. The highest BCUT2D eigenvalue weighted by atomic mass is 32.2. The van der Waals surface area contributed by atoms with Crippen molar-refractivity contribution in [2.24, 2.45) is 0 Å². The molecule has 0 amide bonds. The molecule has 2 aromatic carbocycles. The summed E-state index contributed by atoms with van der Waals surface area (Å²) in [5, 5.41) is 3.35. The zero-order chi connectivity index (χ0) is 17.6. The molecule has 1 N–H and O–H groups in total. The smallest absolute Gasteiger partial charge is 0.242 e. The Balaban J connectivity index is 1.92. The van der Waals surface area contributed by atoms with Gasteiger partial charge in [0.15, 0.2) is 0 Å². The highest BCUT2D eigenvalue weighted by molar-refractivity contribution is 7.89. The summed E-state index contributed by atoms with van der Waals surface area (Å²) in [6, 6.07) is 14.9. The Kier molecular flexibility index (Phi) is 6.36.